The molecule has 1 amide bonds. The number of nitrogens with one attached hydrogen (secondary N) is 1. The molecule has 29 heavy (non-hydrogen) atoms. The molecule has 4 rings (SSSR count). The lowest BCUT2D eigenvalue weighted by Gasteiger charge is -2.20. The van der Waals surface area contributed by atoms with Crippen molar-refractivity contribution in [2.24, 2.45) is 5.92 Å². The van der Waals surface area contributed by atoms with Gasteiger partial charge in [0.15, 0.2) is 0 Å². The lowest BCUT2D eigenvalue weighted by molar-refractivity contribution is -0.125. The minimum atomic E-state index is 0.171. The van der Waals surface area contributed by atoms with Gasteiger partial charge < -0.3 is 9.88 Å². The van der Waals surface area contributed by atoms with Crippen LogP contribution in [-0.2, 0) is 17.8 Å². The van der Waals surface area contributed by atoms with Crippen molar-refractivity contribution >= 4 is 40.1 Å². The highest BCUT2D eigenvalue weighted by atomic mass is 35.5. The molecule has 0 spiro atoms. The van der Waals surface area contributed by atoms with E-state index in [4.69, 9.17) is 28.2 Å². The van der Waals surface area contributed by atoms with Crippen LogP contribution in [0, 0.1) is 5.92 Å². The van der Waals surface area contributed by atoms with E-state index in [2.05, 4.69) is 16.0 Å². The monoisotopic (exact) mass is 429 g/mol. The van der Waals surface area contributed by atoms with Crippen molar-refractivity contribution in [1.29, 1.82) is 0 Å². The standard InChI is InChI=1S/C23H25Cl2N3O/c24-18-9-6-10-19(25)17(18)15-28-21-12-5-4-11-20(21)27-22(28)13-14-26-23(29)16-7-2-1-3-8-16/h4-6,9-12,16H,1-3,7-8,13-15H2,(H,26,29). The lowest BCUT2D eigenvalue weighted by Crippen LogP contribution is -2.33. The molecule has 3 aromatic rings. The van der Waals surface area contributed by atoms with Gasteiger partial charge in [-0.3, -0.25) is 4.79 Å². The summed E-state index contributed by atoms with van der Waals surface area (Å²) in [4.78, 5) is 17.3. The molecule has 152 valence electrons. The third-order valence-corrected chi connectivity index (χ3v) is 6.44. The average molecular weight is 430 g/mol. The molecule has 1 fully saturated rings. The molecule has 2 aromatic carbocycles. The molecule has 6 heteroatoms. The molecular weight excluding hydrogens is 405 g/mol. The van der Waals surface area contributed by atoms with E-state index in [1.165, 1.54) is 6.42 Å². The summed E-state index contributed by atoms with van der Waals surface area (Å²) < 4.78 is 2.15. The number of amides is 1. The van der Waals surface area contributed by atoms with E-state index in [1.807, 2.05) is 36.4 Å². The van der Waals surface area contributed by atoms with Crippen molar-refractivity contribution in [2.75, 3.05) is 6.54 Å². The van der Waals surface area contributed by atoms with E-state index in [1.54, 1.807) is 0 Å². The maximum atomic E-state index is 12.5. The zero-order chi connectivity index (χ0) is 20.2. The molecule has 0 bridgehead atoms. The molecule has 0 radical (unpaired) electrons. The van der Waals surface area contributed by atoms with E-state index in [0.29, 0.717) is 29.6 Å². The summed E-state index contributed by atoms with van der Waals surface area (Å²) in [6.07, 6.45) is 6.25. The maximum Gasteiger partial charge on any atom is 0.223 e. The molecule has 0 unspecified atom stereocenters. The average Bonchev–Trinajstić information content (AvgIpc) is 3.08. The summed E-state index contributed by atoms with van der Waals surface area (Å²) in [5.74, 6) is 1.28. The zero-order valence-electron chi connectivity index (χ0n) is 16.3. The first-order valence-electron chi connectivity index (χ1n) is 10.3. The molecule has 1 aliphatic carbocycles. The molecule has 1 aliphatic rings. The molecule has 0 atom stereocenters. The summed E-state index contributed by atoms with van der Waals surface area (Å²) in [6.45, 7) is 1.12. The van der Waals surface area contributed by atoms with Gasteiger partial charge in [0.05, 0.1) is 17.6 Å². The quantitative estimate of drug-likeness (QED) is 0.551. The second-order valence-corrected chi connectivity index (χ2v) is 8.49. The summed E-state index contributed by atoms with van der Waals surface area (Å²) in [6, 6.07) is 13.6. The van der Waals surface area contributed by atoms with Gasteiger partial charge in [0, 0.05) is 34.5 Å². The van der Waals surface area contributed by atoms with E-state index < -0.39 is 0 Å². The molecule has 1 N–H and O–H groups in total. The fourth-order valence-electron chi connectivity index (χ4n) is 4.14. The van der Waals surface area contributed by atoms with Gasteiger partial charge in [-0.2, -0.15) is 0 Å². The summed E-state index contributed by atoms with van der Waals surface area (Å²) in [5, 5.41) is 4.41. The van der Waals surface area contributed by atoms with Crippen LogP contribution in [0.1, 0.15) is 43.5 Å². The van der Waals surface area contributed by atoms with Crippen LogP contribution in [0.4, 0.5) is 0 Å². The Morgan fingerprint density at radius 3 is 2.52 bits per heavy atom. The first-order valence-corrected chi connectivity index (χ1v) is 11.0. The summed E-state index contributed by atoms with van der Waals surface area (Å²) >= 11 is 12.8. The number of carbonyl (C=O) groups excluding carboxylic acids is 1. The Hall–Kier alpha value is -2.04. The molecule has 0 saturated heterocycles. The number of aromatic nitrogens is 2. The van der Waals surface area contributed by atoms with Gasteiger partial charge in [-0.05, 0) is 37.1 Å². The van der Waals surface area contributed by atoms with E-state index in [0.717, 1.165) is 48.1 Å². The van der Waals surface area contributed by atoms with Crippen LogP contribution in [0.2, 0.25) is 10.0 Å². The fraction of sp³-hybridized carbons (Fsp3) is 0.391. The third kappa shape index (κ3) is 4.59. The Morgan fingerprint density at radius 1 is 1.03 bits per heavy atom. The second kappa shape index (κ2) is 9.19. The van der Waals surface area contributed by atoms with Gasteiger partial charge in [-0.1, -0.05) is 60.7 Å². The number of rotatable bonds is 6. The number of hydrogen-bond donors (Lipinski definition) is 1. The van der Waals surface area contributed by atoms with Crippen molar-refractivity contribution in [2.45, 2.75) is 45.1 Å². The van der Waals surface area contributed by atoms with Crippen LogP contribution in [0.5, 0.6) is 0 Å². The van der Waals surface area contributed by atoms with Gasteiger partial charge in [0.2, 0.25) is 5.91 Å². The normalized spacial score (nSPS) is 15.0. The van der Waals surface area contributed by atoms with Crippen molar-refractivity contribution in [3.05, 3.63) is 63.9 Å². The highest BCUT2D eigenvalue weighted by molar-refractivity contribution is 6.36. The Kier molecular flexibility index (Phi) is 6.41. The van der Waals surface area contributed by atoms with Gasteiger partial charge in [-0.15, -0.1) is 0 Å². The summed E-state index contributed by atoms with van der Waals surface area (Å²) in [7, 11) is 0. The van der Waals surface area contributed by atoms with Gasteiger partial charge in [0.1, 0.15) is 5.82 Å². The predicted octanol–water partition coefficient (Wildman–Crippen LogP) is 5.63. The van der Waals surface area contributed by atoms with Crippen molar-refractivity contribution < 1.29 is 4.79 Å². The van der Waals surface area contributed by atoms with Gasteiger partial charge in [-0.25, -0.2) is 4.98 Å². The smallest absolute Gasteiger partial charge is 0.223 e. The van der Waals surface area contributed by atoms with Gasteiger partial charge >= 0.3 is 0 Å². The Morgan fingerprint density at radius 2 is 1.76 bits per heavy atom. The Labute approximate surface area is 181 Å². The van der Waals surface area contributed by atoms with E-state index in [-0.39, 0.29) is 11.8 Å². The number of nitrogens with zero attached hydrogens (tertiary/aromatic N) is 2. The number of imidazole rings is 1. The molecule has 4 nitrogen and oxygen atoms in total. The van der Waals surface area contributed by atoms with Crippen molar-refractivity contribution in [1.82, 2.24) is 14.9 Å². The number of fused-ring (bicyclic) bond motifs is 1. The number of para-hydroxylation sites is 2. The zero-order valence-corrected chi connectivity index (χ0v) is 17.8. The molecular formula is C23H25Cl2N3O. The topological polar surface area (TPSA) is 46.9 Å². The lowest BCUT2D eigenvalue weighted by atomic mass is 9.89. The minimum absolute atomic E-state index is 0.171. The molecule has 1 aromatic heterocycles. The van der Waals surface area contributed by atoms with E-state index in [9.17, 15) is 4.79 Å². The number of halogens is 2. The largest absolute Gasteiger partial charge is 0.355 e. The molecule has 1 heterocycles. The van der Waals surface area contributed by atoms with E-state index >= 15 is 0 Å². The van der Waals surface area contributed by atoms with Gasteiger partial charge in [0.25, 0.3) is 0 Å². The third-order valence-electron chi connectivity index (χ3n) is 5.74. The molecule has 1 saturated carbocycles. The first kappa shape index (κ1) is 20.2. The van der Waals surface area contributed by atoms with Crippen LogP contribution in [0.25, 0.3) is 11.0 Å². The number of benzene rings is 2. The van der Waals surface area contributed by atoms with Crippen LogP contribution in [0.3, 0.4) is 0 Å². The van der Waals surface area contributed by atoms with Crippen LogP contribution >= 0.6 is 23.2 Å². The second-order valence-electron chi connectivity index (χ2n) is 7.68. The van der Waals surface area contributed by atoms with Crippen LogP contribution < -0.4 is 5.32 Å². The van der Waals surface area contributed by atoms with Crippen molar-refractivity contribution in [3.63, 3.8) is 0 Å². The minimum Gasteiger partial charge on any atom is -0.355 e. The maximum absolute atomic E-state index is 12.5. The highest BCUT2D eigenvalue weighted by Crippen LogP contribution is 2.28. The molecule has 0 aliphatic heterocycles. The number of hydrogen-bond acceptors (Lipinski definition) is 2. The fourth-order valence-corrected chi connectivity index (χ4v) is 4.66. The predicted molar refractivity (Wildman–Crippen MR) is 119 cm³/mol. The SMILES string of the molecule is O=C(NCCc1nc2ccccc2n1Cc1c(Cl)cccc1Cl)C1CCCCC1. The first-order chi connectivity index (χ1) is 14.1. The highest BCUT2D eigenvalue weighted by Gasteiger charge is 2.21. The summed E-state index contributed by atoms with van der Waals surface area (Å²) in [5.41, 5.74) is 2.85. The Bertz CT molecular complexity index is 988. The van der Waals surface area contributed by atoms with Crippen LogP contribution in [-0.4, -0.2) is 22.0 Å². The Balaban J connectivity index is 1.53. The van der Waals surface area contributed by atoms with Crippen LogP contribution in [0.15, 0.2) is 42.5 Å². The van der Waals surface area contributed by atoms with Crippen molar-refractivity contribution in [3.8, 4) is 0 Å². The number of carbonyl (C=O) groups is 1.